The van der Waals surface area contributed by atoms with Crippen LogP contribution in [0.4, 0.5) is 4.39 Å². The zero-order valence-corrected chi connectivity index (χ0v) is 11.4. The van der Waals surface area contributed by atoms with E-state index in [9.17, 15) is 9.50 Å². The van der Waals surface area contributed by atoms with Crippen molar-refractivity contribution in [1.82, 2.24) is 5.32 Å². The van der Waals surface area contributed by atoms with E-state index in [1.807, 2.05) is 6.92 Å². The van der Waals surface area contributed by atoms with E-state index >= 15 is 0 Å². The molecule has 3 nitrogen and oxygen atoms in total. The summed E-state index contributed by atoms with van der Waals surface area (Å²) < 4.78 is 18.7. The van der Waals surface area contributed by atoms with Crippen molar-refractivity contribution in [3.05, 3.63) is 30.1 Å². The average molecular weight is 267 g/mol. The topological polar surface area (TPSA) is 41.5 Å². The Morgan fingerprint density at radius 2 is 2.16 bits per heavy atom. The van der Waals surface area contributed by atoms with Gasteiger partial charge in [-0.05, 0) is 44.7 Å². The molecule has 106 valence electrons. The molecule has 1 fully saturated rings. The van der Waals surface area contributed by atoms with E-state index in [0.717, 1.165) is 12.8 Å². The highest BCUT2D eigenvalue weighted by molar-refractivity contribution is 5.23. The number of benzene rings is 1. The number of para-hydroxylation sites is 1. The molecule has 1 aliphatic rings. The zero-order chi connectivity index (χ0) is 13.7. The van der Waals surface area contributed by atoms with E-state index in [4.69, 9.17) is 4.74 Å². The summed E-state index contributed by atoms with van der Waals surface area (Å²) in [6.07, 6.45) is 3.99. The second kappa shape index (κ2) is 6.35. The Labute approximate surface area is 113 Å². The fourth-order valence-corrected chi connectivity index (χ4v) is 2.12. The minimum Gasteiger partial charge on any atom is -0.491 e. The number of halogens is 1. The van der Waals surface area contributed by atoms with Gasteiger partial charge in [-0.25, -0.2) is 4.39 Å². The first-order chi connectivity index (χ1) is 9.13. The largest absolute Gasteiger partial charge is 0.491 e. The van der Waals surface area contributed by atoms with Gasteiger partial charge in [0.1, 0.15) is 0 Å². The third-order valence-electron chi connectivity index (χ3n) is 3.45. The number of aliphatic hydroxyl groups excluding tert-OH is 1. The van der Waals surface area contributed by atoms with Crippen molar-refractivity contribution in [2.45, 2.75) is 44.2 Å². The average Bonchev–Trinajstić information content (AvgIpc) is 3.20. The monoisotopic (exact) mass is 267 g/mol. The smallest absolute Gasteiger partial charge is 0.165 e. The van der Waals surface area contributed by atoms with Gasteiger partial charge in [0, 0.05) is 11.6 Å². The van der Waals surface area contributed by atoms with Crippen molar-refractivity contribution in [2.24, 2.45) is 0 Å². The van der Waals surface area contributed by atoms with Crippen LogP contribution in [0, 0.1) is 5.82 Å². The molecule has 1 saturated carbocycles. The zero-order valence-electron chi connectivity index (χ0n) is 11.4. The van der Waals surface area contributed by atoms with E-state index < -0.39 is 0 Å². The summed E-state index contributed by atoms with van der Waals surface area (Å²) in [5, 5.41) is 12.9. The minimum absolute atomic E-state index is 0.114. The Morgan fingerprint density at radius 1 is 1.42 bits per heavy atom. The minimum atomic E-state index is -0.330. The molecule has 1 aliphatic carbocycles. The number of hydrogen-bond acceptors (Lipinski definition) is 3. The molecule has 1 unspecified atom stereocenters. The normalized spacial score (nSPS) is 18.1. The number of nitrogens with one attached hydrogen (secondary N) is 1. The molecule has 19 heavy (non-hydrogen) atoms. The lowest BCUT2D eigenvalue weighted by Crippen LogP contribution is -2.47. The molecule has 1 aromatic carbocycles. The predicted molar refractivity (Wildman–Crippen MR) is 72.8 cm³/mol. The van der Waals surface area contributed by atoms with E-state index in [1.165, 1.54) is 18.9 Å². The molecule has 0 aromatic heterocycles. The lowest BCUT2D eigenvalue weighted by Gasteiger charge is -2.29. The van der Waals surface area contributed by atoms with Gasteiger partial charge in [-0.3, -0.25) is 0 Å². The van der Waals surface area contributed by atoms with Crippen molar-refractivity contribution < 1.29 is 14.2 Å². The second-order valence-electron chi connectivity index (χ2n) is 5.52. The summed E-state index contributed by atoms with van der Waals surface area (Å²) in [5.41, 5.74) is -0.250. The highest BCUT2D eigenvalue weighted by atomic mass is 19.1. The Morgan fingerprint density at radius 3 is 2.79 bits per heavy atom. The lowest BCUT2D eigenvalue weighted by molar-refractivity contribution is 0.153. The third-order valence-corrected chi connectivity index (χ3v) is 3.45. The van der Waals surface area contributed by atoms with Crippen LogP contribution in [-0.4, -0.2) is 29.9 Å². The Kier molecular flexibility index (Phi) is 4.77. The van der Waals surface area contributed by atoms with Gasteiger partial charge >= 0.3 is 0 Å². The van der Waals surface area contributed by atoms with Crippen LogP contribution in [0.25, 0.3) is 0 Å². The molecule has 1 atom stereocenters. The maximum Gasteiger partial charge on any atom is 0.165 e. The van der Waals surface area contributed by atoms with Crippen molar-refractivity contribution in [3.8, 4) is 5.75 Å². The van der Waals surface area contributed by atoms with Crippen molar-refractivity contribution in [1.29, 1.82) is 0 Å². The van der Waals surface area contributed by atoms with Crippen LogP contribution in [-0.2, 0) is 0 Å². The molecule has 2 N–H and O–H groups in total. The highest BCUT2D eigenvalue weighted by Gasteiger charge is 2.31. The maximum atomic E-state index is 13.3. The Hall–Kier alpha value is -1.13. The van der Waals surface area contributed by atoms with Gasteiger partial charge in [0.15, 0.2) is 11.6 Å². The Bertz CT molecular complexity index is 409. The molecule has 0 bridgehead atoms. The van der Waals surface area contributed by atoms with Crippen LogP contribution in [0.1, 0.15) is 32.6 Å². The van der Waals surface area contributed by atoms with Crippen LogP contribution in [0.15, 0.2) is 24.3 Å². The van der Waals surface area contributed by atoms with E-state index in [-0.39, 0.29) is 18.0 Å². The van der Waals surface area contributed by atoms with Gasteiger partial charge in [0.2, 0.25) is 0 Å². The van der Waals surface area contributed by atoms with E-state index in [0.29, 0.717) is 18.4 Å². The van der Waals surface area contributed by atoms with Crippen LogP contribution in [0.3, 0.4) is 0 Å². The van der Waals surface area contributed by atoms with Gasteiger partial charge < -0.3 is 15.2 Å². The molecular formula is C15H22FNO2. The number of rotatable bonds is 8. The highest BCUT2D eigenvalue weighted by Crippen LogP contribution is 2.24. The van der Waals surface area contributed by atoms with Crippen LogP contribution >= 0.6 is 0 Å². The molecule has 2 rings (SSSR count). The van der Waals surface area contributed by atoms with E-state index in [1.54, 1.807) is 18.2 Å². The summed E-state index contributed by atoms with van der Waals surface area (Å²) in [7, 11) is 0. The molecule has 0 radical (unpaired) electrons. The molecule has 0 aliphatic heterocycles. The van der Waals surface area contributed by atoms with Gasteiger partial charge in [-0.2, -0.15) is 0 Å². The van der Waals surface area contributed by atoms with Gasteiger partial charge in [-0.15, -0.1) is 0 Å². The van der Waals surface area contributed by atoms with Crippen molar-refractivity contribution in [2.75, 3.05) is 13.2 Å². The standard InChI is InChI=1S/C15H22FNO2/c1-15(11-18,17-12-7-8-12)9-4-10-19-14-6-3-2-5-13(14)16/h2-3,5-6,12,17-18H,4,7-11H2,1H3. The quantitative estimate of drug-likeness (QED) is 0.711. The first-order valence-electron chi connectivity index (χ1n) is 6.89. The lowest BCUT2D eigenvalue weighted by atomic mass is 9.97. The Balaban J connectivity index is 1.72. The first kappa shape index (κ1) is 14.3. The fraction of sp³-hybridized carbons (Fsp3) is 0.600. The summed E-state index contributed by atoms with van der Waals surface area (Å²) in [6.45, 7) is 2.60. The van der Waals surface area contributed by atoms with Crippen LogP contribution < -0.4 is 10.1 Å². The summed E-state index contributed by atoms with van der Waals surface area (Å²) in [5.74, 6) is -0.0353. The SMILES string of the molecule is CC(CO)(CCCOc1ccccc1F)NC1CC1. The van der Waals surface area contributed by atoms with Gasteiger partial charge in [0.05, 0.1) is 13.2 Å². The van der Waals surface area contributed by atoms with Crippen LogP contribution in [0.2, 0.25) is 0 Å². The second-order valence-corrected chi connectivity index (χ2v) is 5.52. The summed E-state index contributed by atoms with van der Waals surface area (Å²) in [4.78, 5) is 0. The molecule has 0 heterocycles. The number of hydrogen-bond donors (Lipinski definition) is 2. The fourth-order valence-electron chi connectivity index (χ4n) is 2.12. The van der Waals surface area contributed by atoms with Crippen molar-refractivity contribution in [3.63, 3.8) is 0 Å². The number of ether oxygens (including phenoxy) is 1. The molecule has 0 amide bonds. The first-order valence-corrected chi connectivity index (χ1v) is 6.89. The van der Waals surface area contributed by atoms with Gasteiger partial charge in [-0.1, -0.05) is 12.1 Å². The molecule has 1 aromatic rings. The van der Waals surface area contributed by atoms with E-state index in [2.05, 4.69) is 5.32 Å². The van der Waals surface area contributed by atoms with Crippen molar-refractivity contribution >= 4 is 0 Å². The van der Waals surface area contributed by atoms with Crippen LogP contribution in [0.5, 0.6) is 5.75 Å². The molecule has 4 heteroatoms. The summed E-state index contributed by atoms with van der Waals surface area (Å²) in [6, 6.07) is 6.98. The maximum absolute atomic E-state index is 13.3. The third kappa shape index (κ3) is 4.48. The molecule has 0 spiro atoms. The predicted octanol–water partition coefficient (Wildman–Crippen LogP) is 2.49. The van der Waals surface area contributed by atoms with Gasteiger partial charge in [0.25, 0.3) is 0 Å². The molecular weight excluding hydrogens is 245 g/mol. The summed E-state index contributed by atoms with van der Waals surface area (Å²) >= 11 is 0. The molecule has 0 saturated heterocycles. The number of aliphatic hydroxyl groups is 1.